The summed E-state index contributed by atoms with van der Waals surface area (Å²) in [5, 5.41) is 33.2. The van der Waals surface area contributed by atoms with Crippen molar-refractivity contribution in [2.75, 3.05) is 0 Å². The quantitative estimate of drug-likeness (QED) is 0.409. The zero-order valence-electron chi connectivity index (χ0n) is 14.1. The molecule has 0 saturated carbocycles. The molecule has 1 aliphatic rings. The van der Waals surface area contributed by atoms with Crippen molar-refractivity contribution >= 4 is 21.5 Å². The fourth-order valence-electron chi connectivity index (χ4n) is 3.34. The molecule has 2 aromatic carbocycles. The van der Waals surface area contributed by atoms with Crippen LogP contribution in [0.5, 0.6) is 5.88 Å². The first-order chi connectivity index (χ1) is 13.2. The van der Waals surface area contributed by atoms with Gasteiger partial charge in [-0.05, 0) is 23.8 Å². The van der Waals surface area contributed by atoms with Gasteiger partial charge in [0.25, 0.3) is 0 Å². The maximum Gasteiger partial charge on any atom is 0.238 e. The zero-order chi connectivity index (χ0) is 20.2. The van der Waals surface area contributed by atoms with Gasteiger partial charge in [0.2, 0.25) is 10.0 Å². The van der Waals surface area contributed by atoms with Crippen molar-refractivity contribution in [2.45, 2.75) is 4.90 Å². The summed E-state index contributed by atoms with van der Waals surface area (Å²) >= 11 is 0. The van der Waals surface area contributed by atoms with Crippen molar-refractivity contribution in [3.63, 3.8) is 0 Å². The minimum absolute atomic E-state index is 0.0399. The first-order valence-electron chi connectivity index (χ1n) is 7.99. The third-order valence-electron chi connectivity index (χ3n) is 4.61. The van der Waals surface area contributed by atoms with Gasteiger partial charge in [-0.3, -0.25) is 10.2 Å². The minimum Gasteiger partial charge on any atom is -0.494 e. The average molecular weight is 392 g/mol. The van der Waals surface area contributed by atoms with E-state index in [0.29, 0.717) is 5.56 Å². The lowest BCUT2D eigenvalue weighted by Crippen LogP contribution is -2.21. The zero-order valence-corrected chi connectivity index (χ0v) is 15.0. The number of aromatic hydroxyl groups is 1. The Morgan fingerprint density at radius 2 is 1.75 bits per heavy atom. The van der Waals surface area contributed by atoms with Crippen LogP contribution >= 0.6 is 0 Å². The van der Waals surface area contributed by atoms with E-state index in [4.69, 9.17) is 10.5 Å². The predicted octanol–water partition coefficient (Wildman–Crippen LogP) is 1.87. The van der Waals surface area contributed by atoms with Crippen molar-refractivity contribution in [3.05, 3.63) is 70.3 Å². The average Bonchev–Trinajstić information content (AvgIpc) is 3.02. The van der Waals surface area contributed by atoms with E-state index in [0.717, 1.165) is 0 Å². The molecular formula is C19H12N4O4S. The molecule has 0 fully saturated rings. The highest BCUT2D eigenvalue weighted by atomic mass is 32.2. The van der Waals surface area contributed by atoms with Crippen molar-refractivity contribution in [1.82, 2.24) is 4.98 Å². The number of rotatable bonds is 2. The Morgan fingerprint density at radius 3 is 2.36 bits per heavy atom. The molecular weight excluding hydrogens is 380 g/mol. The Balaban J connectivity index is 1.95. The summed E-state index contributed by atoms with van der Waals surface area (Å²) in [6.45, 7) is 0. The number of nitrogens with zero attached hydrogens (tertiary/aromatic N) is 1. The number of carbonyl (C=O) groups is 1. The van der Waals surface area contributed by atoms with Crippen LogP contribution in [0.15, 0.2) is 47.4 Å². The predicted molar refractivity (Wildman–Crippen MR) is 99.8 cm³/mol. The summed E-state index contributed by atoms with van der Waals surface area (Å²) in [5.74, 6) is -0.855. The first-order valence-corrected chi connectivity index (χ1v) is 9.54. The van der Waals surface area contributed by atoms with Crippen molar-refractivity contribution in [1.29, 1.82) is 10.7 Å². The number of carbonyl (C=O) groups excluding carboxylic acids is 1. The Labute approximate surface area is 159 Å². The van der Waals surface area contributed by atoms with Gasteiger partial charge in [-0.1, -0.05) is 24.3 Å². The lowest BCUT2D eigenvalue weighted by molar-refractivity contribution is 0.103. The van der Waals surface area contributed by atoms with Crippen molar-refractivity contribution in [2.24, 2.45) is 5.14 Å². The van der Waals surface area contributed by atoms with Gasteiger partial charge in [-0.25, -0.2) is 13.6 Å². The lowest BCUT2D eigenvalue weighted by Gasteiger charge is -2.18. The van der Waals surface area contributed by atoms with Crippen LogP contribution in [-0.2, 0) is 10.0 Å². The van der Waals surface area contributed by atoms with Gasteiger partial charge in [0.05, 0.1) is 39.1 Å². The number of hydrogen-bond donors (Lipinski definition) is 4. The first kappa shape index (κ1) is 17.7. The van der Waals surface area contributed by atoms with Crippen LogP contribution in [0.2, 0.25) is 0 Å². The molecule has 1 heterocycles. The molecule has 1 aliphatic carbocycles. The Morgan fingerprint density at radius 1 is 1.07 bits per heavy atom. The van der Waals surface area contributed by atoms with E-state index < -0.39 is 15.8 Å². The second-order valence-electron chi connectivity index (χ2n) is 6.21. The fourth-order valence-corrected chi connectivity index (χ4v) is 3.86. The van der Waals surface area contributed by atoms with E-state index in [2.05, 4.69) is 4.98 Å². The van der Waals surface area contributed by atoms with E-state index in [1.165, 1.54) is 30.3 Å². The number of ketones is 1. The summed E-state index contributed by atoms with van der Waals surface area (Å²) in [6, 6.07) is 12.0. The molecule has 1 aromatic heterocycles. The highest BCUT2D eigenvalue weighted by Gasteiger charge is 2.36. The molecule has 0 saturated heterocycles. The normalized spacial score (nSPS) is 13.0. The number of H-pyrrole nitrogens is 1. The van der Waals surface area contributed by atoms with Gasteiger partial charge in [0, 0.05) is 11.1 Å². The summed E-state index contributed by atoms with van der Waals surface area (Å²) in [7, 11) is -3.88. The van der Waals surface area contributed by atoms with E-state index in [-0.39, 0.29) is 50.0 Å². The molecule has 9 heteroatoms. The Kier molecular flexibility index (Phi) is 3.71. The highest BCUT2D eigenvalue weighted by molar-refractivity contribution is 7.89. The minimum atomic E-state index is -3.88. The second-order valence-corrected chi connectivity index (χ2v) is 7.77. The molecule has 0 aliphatic heterocycles. The second kappa shape index (κ2) is 5.88. The van der Waals surface area contributed by atoms with Crippen molar-refractivity contribution < 1.29 is 18.3 Å². The van der Waals surface area contributed by atoms with E-state index in [1.807, 2.05) is 6.07 Å². The van der Waals surface area contributed by atoms with Gasteiger partial charge >= 0.3 is 0 Å². The largest absolute Gasteiger partial charge is 0.494 e. The van der Waals surface area contributed by atoms with Crippen LogP contribution in [0.25, 0.3) is 11.3 Å². The molecule has 5 N–H and O–H groups in total. The van der Waals surface area contributed by atoms with E-state index in [9.17, 15) is 23.6 Å². The number of nitriles is 1. The molecule has 4 rings (SSSR count). The molecule has 28 heavy (non-hydrogen) atoms. The van der Waals surface area contributed by atoms with Gasteiger partial charge in [0.1, 0.15) is 0 Å². The van der Waals surface area contributed by atoms with Gasteiger partial charge in [-0.2, -0.15) is 5.26 Å². The molecule has 0 atom stereocenters. The van der Waals surface area contributed by atoms with Gasteiger partial charge in [-0.15, -0.1) is 0 Å². The number of aromatic amines is 1. The van der Waals surface area contributed by atoms with Crippen LogP contribution < -0.4 is 5.14 Å². The summed E-state index contributed by atoms with van der Waals surface area (Å²) < 4.78 is 22.9. The van der Waals surface area contributed by atoms with Crippen LogP contribution in [-0.4, -0.2) is 30.0 Å². The maximum atomic E-state index is 13.2. The summed E-state index contributed by atoms with van der Waals surface area (Å²) in [6.07, 6.45) is 0. The summed E-state index contributed by atoms with van der Waals surface area (Å²) in [4.78, 5) is 15.8. The molecule has 0 radical (unpaired) electrons. The van der Waals surface area contributed by atoms with Gasteiger partial charge in [0.15, 0.2) is 11.7 Å². The topological polar surface area (TPSA) is 161 Å². The fraction of sp³-hybridized carbons (Fsp3) is 0. The van der Waals surface area contributed by atoms with Crippen LogP contribution in [0.1, 0.15) is 32.6 Å². The standard InChI is InChI=1S/C19H12N4O4S/c20-8-10-2-1-3-12-13(10)18(24)15-14(16(12)21)19(25)23-17(15)9-4-6-11(7-5-9)28(22,26)27/h1-7,21,23,25H,(H2,22,26,27). The molecule has 0 unspecified atom stereocenters. The van der Waals surface area contributed by atoms with E-state index in [1.54, 1.807) is 12.1 Å². The third-order valence-corrected chi connectivity index (χ3v) is 5.54. The number of aromatic nitrogens is 1. The molecule has 138 valence electrons. The highest BCUT2D eigenvalue weighted by Crippen LogP contribution is 2.40. The third kappa shape index (κ3) is 2.44. The SMILES string of the molecule is N#Cc1cccc2c1C(=O)c1c(-c3ccc(S(N)(=O)=O)cc3)[nH]c(O)c1C2=N. The molecule has 8 nitrogen and oxygen atoms in total. The number of nitrogens with one attached hydrogen (secondary N) is 2. The van der Waals surface area contributed by atoms with Crippen LogP contribution in [0.4, 0.5) is 0 Å². The van der Waals surface area contributed by atoms with Gasteiger partial charge < -0.3 is 10.1 Å². The molecule has 0 amide bonds. The van der Waals surface area contributed by atoms with Crippen molar-refractivity contribution in [3.8, 4) is 23.2 Å². The number of sulfonamides is 1. The smallest absolute Gasteiger partial charge is 0.238 e. The van der Waals surface area contributed by atoms with Crippen LogP contribution in [0, 0.1) is 16.7 Å². The number of primary sulfonamides is 1. The molecule has 3 aromatic rings. The van der Waals surface area contributed by atoms with E-state index >= 15 is 0 Å². The Hall–Kier alpha value is -3.74. The monoisotopic (exact) mass is 392 g/mol. The number of nitrogens with two attached hydrogens (primary N) is 1. The number of benzene rings is 2. The number of hydrogen-bond acceptors (Lipinski definition) is 6. The molecule has 0 bridgehead atoms. The molecule has 0 spiro atoms. The number of fused-ring (bicyclic) bond motifs is 2. The summed E-state index contributed by atoms with van der Waals surface area (Å²) in [5.41, 5.74) is 1.16. The van der Waals surface area contributed by atoms with Crippen LogP contribution in [0.3, 0.4) is 0 Å². The maximum absolute atomic E-state index is 13.2. The Bertz CT molecular complexity index is 1330. The lowest BCUT2D eigenvalue weighted by atomic mass is 9.81.